The molecule has 2 amide bonds. The van der Waals surface area contributed by atoms with E-state index < -0.39 is 11.9 Å². The van der Waals surface area contributed by atoms with Crippen LogP contribution in [0.5, 0.6) is 0 Å². The molecule has 2 aromatic carbocycles. The van der Waals surface area contributed by atoms with Gasteiger partial charge in [0.1, 0.15) is 0 Å². The third kappa shape index (κ3) is 4.19. The van der Waals surface area contributed by atoms with E-state index in [1.54, 1.807) is 11.0 Å². The van der Waals surface area contributed by atoms with E-state index in [-0.39, 0.29) is 27.9 Å². The lowest BCUT2D eigenvalue weighted by molar-refractivity contribution is -0.255. The number of anilines is 2. The Balaban J connectivity index is 1.37. The maximum atomic E-state index is 12.6. The summed E-state index contributed by atoms with van der Waals surface area (Å²) in [6, 6.07) is 13.6. The second-order valence-corrected chi connectivity index (χ2v) is 8.57. The second-order valence-electron chi connectivity index (χ2n) is 6.37. The van der Waals surface area contributed by atoms with Crippen molar-refractivity contribution >= 4 is 51.7 Å². The first-order valence-electron chi connectivity index (χ1n) is 8.99. The molecule has 1 aliphatic heterocycles. The molecule has 0 fully saturated rings. The molecule has 1 aromatic heterocycles. The Morgan fingerprint density at radius 2 is 1.80 bits per heavy atom. The maximum absolute atomic E-state index is 12.6. The van der Waals surface area contributed by atoms with E-state index in [1.807, 2.05) is 24.3 Å². The van der Waals surface area contributed by atoms with Gasteiger partial charge in [0.2, 0.25) is 11.0 Å². The summed E-state index contributed by atoms with van der Waals surface area (Å²) in [5, 5.41) is 21.8. The molecule has 0 bridgehead atoms. The summed E-state index contributed by atoms with van der Waals surface area (Å²) in [5.74, 6) is -1.87. The Bertz CT molecular complexity index is 1130. The highest BCUT2D eigenvalue weighted by molar-refractivity contribution is 8.01. The first kappa shape index (κ1) is 20.0. The number of carboxylic acids is 1. The molecule has 0 spiro atoms. The molecule has 30 heavy (non-hydrogen) atoms. The zero-order chi connectivity index (χ0) is 21.1. The average Bonchev–Trinajstić information content (AvgIpc) is 3.39. The second kappa shape index (κ2) is 8.64. The van der Waals surface area contributed by atoms with Gasteiger partial charge in [-0.1, -0.05) is 59.5 Å². The van der Waals surface area contributed by atoms with Crippen LogP contribution in [0.15, 0.2) is 52.9 Å². The molecule has 2 heterocycles. The minimum absolute atomic E-state index is 0.0198. The fraction of sp³-hybridized carbons (Fsp3) is 0.150. The number of amides is 2. The number of carboxylic acid groups (broad SMARTS) is 1. The number of benzene rings is 2. The Hall–Kier alpha value is -3.24. The minimum Gasteiger partial charge on any atom is -0.545 e. The molecule has 0 saturated carbocycles. The lowest BCUT2D eigenvalue weighted by atomic mass is 10.1. The smallest absolute Gasteiger partial charge is 0.258 e. The standard InChI is InChI=1S/C20H16N4O4S2/c25-16(24-10-9-12-5-1-4-8-15(12)24)11-29-20-23-22-19(30-20)21-17(26)13-6-2-3-7-14(13)18(27)28/h1-8H,9-11H2,(H,27,28)(H,21,22,26)/p-1. The highest BCUT2D eigenvalue weighted by Gasteiger charge is 2.24. The Morgan fingerprint density at radius 1 is 1.07 bits per heavy atom. The van der Waals surface area contributed by atoms with Gasteiger partial charge in [0, 0.05) is 23.4 Å². The monoisotopic (exact) mass is 439 g/mol. The van der Waals surface area contributed by atoms with E-state index in [9.17, 15) is 19.5 Å². The number of nitrogens with zero attached hydrogens (tertiary/aromatic N) is 3. The Labute approximate surface area is 179 Å². The molecule has 3 aromatic rings. The molecular weight excluding hydrogens is 424 g/mol. The van der Waals surface area contributed by atoms with Gasteiger partial charge in [-0.25, -0.2) is 0 Å². The molecule has 1 N–H and O–H groups in total. The van der Waals surface area contributed by atoms with Crippen molar-refractivity contribution in [1.82, 2.24) is 10.2 Å². The normalized spacial score (nSPS) is 12.5. The van der Waals surface area contributed by atoms with Gasteiger partial charge in [0.05, 0.1) is 11.7 Å². The first-order valence-corrected chi connectivity index (χ1v) is 10.8. The number of carbonyl (C=O) groups is 3. The van der Waals surface area contributed by atoms with Gasteiger partial charge in [-0.05, 0) is 24.1 Å². The van der Waals surface area contributed by atoms with Crippen LogP contribution in [0, 0.1) is 0 Å². The van der Waals surface area contributed by atoms with E-state index in [2.05, 4.69) is 15.5 Å². The highest BCUT2D eigenvalue weighted by atomic mass is 32.2. The van der Waals surface area contributed by atoms with Crippen molar-refractivity contribution in [3.8, 4) is 0 Å². The van der Waals surface area contributed by atoms with Crippen LogP contribution in [-0.2, 0) is 11.2 Å². The number of rotatable bonds is 6. The van der Waals surface area contributed by atoms with Crippen LogP contribution in [0.2, 0.25) is 0 Å². The zero-order valence-electron chi connectivity index (χ0n) is 15.5. The molecule has 8 nitrogen and oxygen atoms in total. The molecule has 0 aliphatic carbocycles. The van der Waals surface area contributed by atoms with Gasteiger partial charge in [0.15, 0.2) is 4.34 Å². The number of hydrogen-bond acceptors (Lipinski definition) is 8. The van der Waals surface area contributed by atoms with E-state index in [0.29, 0.717) is 10.9 Å². The van der Waals surface area contributed by atoms with Gasteiger partial charge >= 0.3 is 0 Å². The van der Waals surface area contributed by atoms with Gasteiger partial charge in [0.25, 0.3) is 5.91 Å². The van der Waals surface area contributed by atoms with Crippen molar-refractivity contribution in [2.75, 3.05) is 22.5 Å². The predicted molar refractivity (Wildman–Crippen MR) is 112 cm³/mol. The van der Waals surface area contributed by atoms with Gasteiger partial charge in [-0.3, -0.25) is 14.9 Å². The summed E-state index contributed by atoms with van der Waals surface area (Å²) in [6.07, 6.45) is 0.842. The van der Waals surface area contributed by atoms with Crippen LogP contribution in [-0.4, -0.2) is 40.3 Å². The number of aromatic nitrogens is 2. The van der Waals surface area contributed by atoms with Crippen molar-refractivity contribution in [1.29, 1.82) is 0 Å². The lowest BCUT2D eigenvalue weighted by Gasteiger charge is -2.16. The van der Waals surface area contributed by atoms with Gasteiger partial charge < -0.3 is 14.8 Å². The number of thioether (sulfide) groups is 1. The summed E-state index contributed by atoms with van der Waals surface area (Å²) in [4.78, 5) is 37.9. The molecule has 10 heteroatoms. The van der Waals surface area contributed by atoms with Crippen LogP contribution >= 0.6 is 23.1 Å². The fourth-order valence-corrected chi connectivity index (χ4v) is 4.76. The van der Waals surface area contributed by atoms with Gasteiger partial charge in [-0.2, -0.15) is 0 Å². The third-order valence-corrected chi connectivity index (χ3v) is 6.48. The Kier molecular flexibility index (Phi) is 5.77. The summed E-state index contributed by atoms with van der Waals surface area (Å²) >= 11 is 2.36. The summed E-state index contributed by atoms with van der Waals surface area (Å²) in [5.41, 5.74) is 1.88. The third-order valence-electron chi connectivity index (χ3n) is 4.53. The number of hydrogen-bond donors (Lipinski definition) is 1. The number of para-hydroxylation sites is 1. The van der Waals surface area contributed by atoms with E-state index >= 15 is 0 Å². The first-order chi connectivity index (χ1) is 14.5. The van der Waals surface area contributed by atoms with Crippen molar-refractivity contribution in [2.24, 2.45) is 0 Å². The Morgan fingerprint density at radius 3 is 2.60 bits per heavy atom. The SMILES string of the molecule is O=C([O-])c1ccccc1C(=O)Nc1nnc(SCC(=O)N2CCc3ccccc32)s1. The lowest BCUT2D eigenvalue weighted by Crippen LogP contribution is -2.30. The molecule has 4 rings (SSSR count). The zero-order valence-corrected chi connectivity index (χ0v) is 17.2. The molecule has 1 aliphatic rings. The van der Waals surface area contributed by atoms with E-state index in [0.717, 1.165) is 29.0 Å². The van der Waals surface area contributed by atoms with Crippen LogP contribution in [0.3, 0.4) is 0 Å². The molecule has 0 atom stereocenters. The molecule has 152 valence electrons. The van der Waals surface area contributed by atoms with E-state index in [4.69, 9.17) is 0 Å². The van der Waals surface area contributed by atoms with Crippen LogP contribution in [0.25, 0.3) is 0 Å². The number of carbonyl (C=O) groups excluding carboxylic acids is 3. The fourth-order valence-electron chi connectivity index (χ4n) is 3.14. The maximum Gasteiger partial charge on any atom is 0.258 e. The van der Waals surface area contributed by atoms with Crippen LogP contribution < -0.4 is 15.3 Å². The predicted octanol–water partition coefficient (Wildman–Crippen LogP) is 1.84. The average molecular weight is 439 g/mol. The van der Waals surface area contributed by atoms with Crippen molar-refractivity contribution < 1.29 is 19.5 Å². The van der Waals surface area contributed by atoms with Crippen molar-refractivity contribution in [3.63, 3.8) is 0 Å². The van der Waals surface area contributed by atoms with Crippen molar-refractivity contribution in [3.05, 3.63) is 65.2 Å². The quantitative estimate of drug-likeness (QED) is 0.460. The van der Waals surface area contributed by atoms with Crippen LogP contribution in [0.4, 0.5) is 10.8 Å². The highest BCUT2D eigenvalue weighted by Crippen LogP contribution is 2.30. The largest absolute Gasteiger partial charge is 0.545 e. The molecule has 0 radical (unpaired) electrons. The summed E-state index contributed by atoms with van der Waals surface area (Å²) in [7, 11) is 0. The molecule has 0 unspecified atom stereocenters. The molecule has 0 saturated heterocycles. The van der Waals surface area contributed by atoms with Crippen molar-refractivity contribution in [2.45, 2.75) is 10.8 Å². The number of nitrogens with one attached hydrogen (secondary N) is 1. The summed E-state index contributed by atoms with van der Waals surface area (Å²) < 4.78 is 0.527. The number of aromatic carboxylic acids is 1. The minimum atomic E-state index is -1.43. The van der Waals surface area contributed by atoms with E-state index in [1.165, 1.54) is 30.0 Å². The van der Waals surface area contributed by atoms with Crippen LogP contribution in [0.1, 0.15) is 26.3 Å². The molecular formula is C20H15N4O4S2-. The topological polar surface area (TPSA) is 115 Å². The number of fused-ring (bicyclic) bond motifs is 1. The summed E-state index contributed by atoms with van der Waals surface area (Å²) in [6.45, 7) is 0.661. The van der Waals surface area contributed by atoms with Gasteiger partial charge in [-0.15, -0.1) is 10.2 Å².